The molecule has 4 aromatic rings. The summed E-state index contributed by atoms with van der Waals surface area (Å²) in [5.41, 5.74) is 6.51. The van der Waals surface area contributed by atoms with Gasteiger partial charge in [0.15, 0.2) is 0 Å². The maximum Gasteiger partial charge on any atom is 0.146 e. The van der Waals surface area contributed by atoms with Crippen molar-refractivity contribution in [2.75, 3.05) is 0 Å². The topological polar surface area (TPSA) is 0 Å². The van der Waals surface area contributed by atoms with Gasteiger partial charge >= 0.3 is 0 Å². The monoisotopic (exact) mass is 406 g/mol. The van der Waals surface area contributed by atoms with Crippen molar-refractivity contribution in [1.82, 2.24) is 0 Å². The smallest absolute Gasteiger partial charge is 0.146 e. The summed E-state index contributed by atoms with van der Waals surface area (Å²) >= 11 is 0. The second-order valence-electron chi connectivity index (χ2n) is 8.17. The normalized spacial score (nSPS) is 10.7. The van der Waals surface area contributed by atoms with Gasteiger partial charge in [0.1, 0.15) is 5.82 Å². The molecule has 0 fully saturated rings. The molecule has 0 heterocycles. The molecule has 0 spiro atoms. The van der Waals surface area contributed by atoms with E-state index in [1.807, 2.05) is 30.3 Å². The van der Waals surface area contributed by atoms with Crippen LogP contribution < -0.4 is 0 Å². The van der Waals surface area contributed by atoms with Crippen LogP contribution in [0.4, 0.5) is 4.39 Å². The Balaban J connectivity index is 1.46. The minimum Gasteiger partial charge on any atom is -0.205 e. The Bertz CT molecular complexity index is 1240. The van der Waals surface area contributed by atoms with E-state index in [4.69, 9.17) is 0 Å². The van der Waals surface area contributed by atoms with E-state index in [1.165, 1.54) is 22.3 Å². The second-order valence-corrected chi connectivity index (χ2v) is 8.17. The minimum absolute atomic E-state index is 0.234. The summed E-state index contributed by atoms with van der Waals surface area (Å²) in [4.78, 5) is 0. The summed E-state index contributed by atoms with van der Waals surface area (Å²) < 4.78 is 14.9. The molecule has 4 rings (SSSR count). The fourth-order valence-electron chi connectivity index (χ4n) is 3.82. The Morgan fingerprint density at radius 2 is 1.32 bits per heavy atom. The molecule has 0 saturated heterocycles. The first-order chi connectivity index (χ1) is 15.1. The molecule has 0 bridgehead atoms. The van der Waals surface area contributed by atoms with Gasteiger partial charge in [-0.25, -0.2) is 4.39 Å². The van der Waals surface area contributed by atoms with Gasteiger partial charge in [-0.3, -0.25) is 0 Å². The highest BCUT2D eigenvalue weighted by Crippen LogP contribution is 2.23. The number of halogens is 1. The molecule has 0 aliphatic carbocycles. The lowest BCUT2D eigenvalue weighted by atomic mass is 10.0. The highest BCUT2D eigenvalue weighted by molar-refractivity contribution is 5.85. The highest BCUT2D eigenvalue weighted by Gasteiger charge is 2.06. The first-order valence-corrected chi connectivity index (χ1v) is 11.0. The number of rotatable bonds is 5. The van der Waals surface area contributed by atoms with Crippen molar-refractivity contribution in [2.24, 2.45) is 0 Å². The summed E-state index contributed by atoms with van der Waals surface area (Å²) in [5, 5.41) is 1.57. The number of aryl methyl sites for hydroxylation is 4. The van der Waals surface area contributed by atoms with Gasteiger partial charge in [-0.05, 0) is 66.5 Å². The number of hydrogen-bond acceptors (Lipinski definition) is 0. The fourth-order valence-corrected chi connectivity index (χ4v) is 3.82. The molecular formula is C30H27F. The number of fused-ring (bicyclic) bond motifs is 1. The average molecular weight is 407 g/mol. The molecule has 0 aromatic heterocycles. The average Bonchev–Trinajstić information content (AvgIpc) is 2.79. The highest BCUT2D eigenvalue weighted by atomic mass is 19.1. The van der Waals surface area contributed by atoms with Gasteiger partial charge in [0.25, 0.3) is 0 Å². The first-order valence-electron chi connectivity index (χ1n) is 11.0. The Morgan fingerprint density at radius 3 is 2.00 bits per heavy atom. The first kappa shape index (κ1) is 20.9. The maximum atomic E-state index is 14.9. The Morgan fingerprint density at radius 1 is 0.677 bits per heavy atom. The molecule has 31 heavy (non-hydrogen) atoms. The van der Waals surface area contributed by atoms with Crippen molar-refractivity contribution < 1.29 is 4.39 Å². The van der Waals surface area contributed by atoms with Crippen LogP contribution in [0.25, 0.3) is 10.8 Å². The predicted molar refractivity (Wildman–Crippen MR) is 129 cm³/mol. The quantitative estimate of drug-likeness (QED) is 0.302. The lowest BCUT2D eigenvalue weighted by Crippen LogP contribution is -1.91. The van der Waals surface area contributed by atoms with Crippen molar-refractivity contribution in [3.63, 3.8) is 0 Å². The van der Waals surface area contributed by atoms with Crippen molar-refractivity contribution in [3.05, 3.63) is 118 Å². The van der Waals surface area contributed by atoms with E-state index >= 15 is 0 Å². The largest absolute Gasteiger partial charge is 0.205 e. The zero-order valence-corrected chi connectivity index (χ0v) is 18.2. The predicted octanol–water partition coefficient (Wildman–Crippen LogP) is 7.42. The molecule has 154 valence electrons. The summed E-state index contributed by atoms with van der Waals surface area (Å²) in [6.45, 7) is 4.26. The van der Waals surface area contributed by atoms with E-state index in [-0.39, 0.29) is 5.82 Å². The van der Waals surface area contributed by atoms with Crippen molar-refractivity contribution in [2.45, 2.75) is 39.5 Å². The van der Waals surface area contributed by atoms with Gasteiger partial charge in [-0.2, -0.15) is 0 Å². The molecule has 0 unspecified atom stereocenters. The third-order valence-corrected chi connectivity index (χ3v) is 5.68. The van der Waals surface area contributed by atoms with Crippen LogP contribution in [0.3, 0.4) is 0 Å². The van der Waals surface area contributed by atoms with Gasteiger partial charge in [-0.15, -0.1) is 0 Å². The molecule has 0 radical (unpaired) electrons. The van der Waals surface area contributed by atoms with Gasteiger partial charge in [0.05, 0.1) is 5.56 Å². The van der Waals surface area contributed by atoms with E-state index in [0.717, 1.165) is 36.6 Å². The minimum atomic E-state index is -0.234. The van der Waals surface area contributed by atoms with Crippen molar-refractivity contribution in [3.8, 4) is 11.8 Å². The summed E-state index contributed by atoms with van der Waals surface area (Å²) in [6.07, 6.45) is 4.12. The van der Waals surface area contributed by atoms with E-state index in [1.54, 1.807) is 6.07 Å². The third-order valence-electron chi connectivity index (χ3n) is 5.68. The van der Waals surface area contributed by atoms with Gasteiger partial charge < -0.3 is 0 Å². The molecule has 0 N–H and O–H groups in total. The van der Waals surface area contributed by atoms with Gasteiger partial charge in [0.2, 0.25) is 0 Å². The Kier molecular flexibility index (Phi) is 6.48. The summed E-state index contributed by atoms with van der Waals surface area (Å²) in [5.74, 6) is 5.90. The molecule has 0 atom stereocenters. The van der Waals surface area contributed by atoms with E-state index in [0.29, 0.717) is 10.9 Å². The zero-order valence-electron chi connectivity index (χ0n) is 18.2. The molecule has 0 aliphatic heterocycles. The molecule has 1 heteroatoms. The van der Waals surface area contributed by atoms with E-state index < -0.39 is 0 Å². The van der Waals surface area contributed by atoms with Crippen LogP contribution in [0.15, 0.2) is 78.9 Å². The van der Waals surface area contributed by atoms with E-state index in [2.05, 4.69) is 68.2 Å². The summed E-state index contributed by atoms with van der Waals surface area (Å²) in [6, 6.07) is 26.7. The Labute approximate surface area is 184 Å². The zero-order chi connectivity index (χ0) is 21.6. The summed E-state index contributed by atoms with van der Waals surface area (Å²) in [7, 11) is 0. The molecule has 0 nitrogen and oxygen atoms in total. The van der Waals surface area contributed by atoms with Crippen LogP contribution in [0, 0.1) is 24.6 Å². The van der Waals surface area contributed by atoms with Gasteiger partial charge in [0, 0.05) is 10.9 Å². The molecule has 0 amide bonds. The Hall–Kier alpha value is -3.37. The van der Waals surface area contributed by atoms with Crippen LogP contribution >= 0.6 is 0 Å². The van der Waals surface area contributed by atoms with Crippen LogP contribution in [-0.2, 0) is 19.3 Å². The van der Waals surface area contributed by atoms with Crippen LogP contribution in [0.2, 0.25) is 0 Å². The molecule has 0 saturated carbocycles. The molecule has 4 aromatic carbocycles. The van der Waals surface area contributed by atoms with E-state index in [9.17, 15) is 4.39 Å². The SMILES string of the molecule is CCCc1ccc2c(F)c(C#Cc3ccc(CCc4ccc(C)cc4)cc3)ccc2c1. The molecular weight excluding hydrogens is 379 g/mol. The lowest BCUT2D eigenvalue weighted by Gasteiger charge is -2.05. The molecule has 0 aliphatic rings. The number of hydrogen-bond donors (Lipinski definition) is 0. The lowest BCUT2D eigenvalue weighted by molar-refractivity contribution is 0.636. The third kappa shape index (κ3) is 5.22. The number of benzene rings is 4. The fraction of sp³-hybridized carbons (Fsp3) is 0.200. The van der Waals surface area contributed by atoms with Crippen LogP contribution in [0.5, 0.6) is 0 Å². The maximum absolute atomic E-state index is 14.9. The van der Waals surface area contributed by atoms with Crippen LogP contribution in [-0.4, -0.2) is 0 Å². The standard InChI is InChI=1S/C30H27F/c1-3-4-26-16-20-29-28(21-26)19-18-27(30(29)31)17-15-25-13-11-24(12-14-25)10-9-23-7-5-22(2)6-8-23/h5-8,11-14,16,18-21H,3-4,9-10H2,1-2H3. The second kappa shape index (κ2) is 9.63. The van der Waals surface area contributed by atoms with Gasteiger partial charge in [-0.1, -0.05) is 91.4 Å². The van der Waals surface area contributed by atoms with Crippen molar-refractivity contribution >= 4 is 10.8 Å². The van der Waals surface area contributed by atoms with Crippen molar-refractivity contribution in [1.29, 1.82) is 0 Å². The van der Waals surface area contributed by atoms with Crippen LogP contribution in [0.1, 0.15) is 46.7 Å².